The highest BCUT2D eigenvalue weighted by atomic mass is 16.4. The van der Waals surface area contributed by atoms with Crippen molar-refractivity contribution in [1.82, 2.24) is 10.2 Å². The summed E-state index contributed by atoms with van der Waals surface area (Å²) in [6.07, 6.45) is 0.572. The van der Waals surface area contributed by atoms with Gasteiger partial charge in [0.15, 0.2) is 5.96 Å². The Balaban J connectivity index is 1.75. The Labute approximate surface area is 226 Å². The quantitative estimate of drug-likeness (QED) is 0.144. The van der Waals surface area contributed by atoms with E-state index in [2.05, 4.69) is 10.3 Å². The van der Waals surface area contributed by atoms with Crippen molar-refractivity contribution in [2.75, 3.05) is 13.1 Å². The summed E-state index contributed by atoms with van der Waals surface area (Å²) in [4.78, 5) is 44.5. The molecular weight excluding hydrogens is 498 g/mol. The zero-order valence-electron chi connectivity index (χ0n) is 21.3. The van der Waals surface area contributed by atoms with Gasteiger partial charge in [0.1, 0.15) is 18.3 Å². The molecule has 0 aliphatic heterocycles. The van der Waals surface area contributed by atoms with Crippen molar-refractivity contribution in [3.63, 3.8) is 0 Å². The average molecular weight is 530 g/mol. The van der Waals surface area contributed by atoms with Gasteiger partial charge in [0.25, 0.3) is 0 Å². The fourth-order valence-corrected chi connectivity index (χ4v) is 4.93. The number of carboxylic acid groups (broad SMARTS) is 1. The Bertz CT molecular complexity index is 1340. The molecule has 0 spiro atoms. The van der Waals surface area contributed by atoms with Gasteiger partial charge in [-0.1, -0.05) is 60.7 Å². The lowest BCUT2D eigenvalue weighted by molar-refractivity contribution is -0.143. The summed E-state index contributed by atoms with van der Waals surface area (Å²) < 4.78 is 0. The molecule has 0 unspecified atom stereocenters. The summed E-state index contributed by atoms with van der Waals surface area (Å²) in [5.74, 6) is -2.74. The first-order valence-corrected chi connectivity index (χ1v) is 12.6. The number of aliphatic imine (C=N–C) groups is 1. The van der Waals surface area contributed by atoms with Crippen LogP contribution in [0.25, 0.3) is 11.1 Å². The van der Waals surface area contributed by atoms with Gasteiger partial charge >= 0.3 is 5.97 Å². The van der Waals surface area contributed by atoms with Crippen LogP contribution in [0.4, 0.5) is 0 Å². The number of aromatic hydroxyl groups is 1. The van der Waals surface area contributed by atoms with Crippen molar-refractivity contribution < 1.29 is 24.6 Å². The number of guanidine groups is 1. The topological polar surface area (TPSA) is 171 Å². The summed E-state index contributed by atoms with van der Waals surface area (Å²) in [5.41, 5.74) is 15.2. The number of phenolic OH excluding ortho intramolecular Hbond substituents is 1. The first-order valence-electron chi connectivity index (χ1n) is 12.6. The number of benzene rings is 3. The highest BCUT2D eigenvalue weighted by molar-refractivity contribution is 5.98. The van der Waals surface area contributed by atoms with Crippen LogP contribution < -0.4 is 16.8 Å². The van der Waals surface area contributed by atoms with Crippen LogP contribution in [0.2, 0.25) is 0 Å². The van der Waals surface area contributed by atoms with Gasteiger partial charge in [-0.25, -0.2) is 0 Å². The zero-order chi connectivity index (χ0) is 27.9. The van der Waals surface area contributed by atoms with Gasteiger partial charge in [-0.2, -0.15) is 0 Å². The van der Waals surface area contributed by atoms with Crippen LogP contribution in [0, 0.1) is 0 Å². The third kappa shape index (κ3) is 6.35. The molecule has 10 heteroatoms. The maximum absolute atomic E-state index is 14.5. The summed E-state index contributed by atoms with van der Waals surface area (Å²) >= 11 is 0. The fraction of sp³-hybridized carbons (Fsp3) is 0.241. The van der Waals surface area contributed by atoms with Crippen LogP contribution in [0.3, 0.4) is 0 Å². The maximum Gasteiger partial charge on any atom is 0.322 e. The van der Waals surface area contributed by atoms with E-state index in [1.165, 1.54) is 17.0 Å². The molecule has 39 heavy (non-hydrogen) atoms. The highest BCUT2D eigenvalue weighted by Crippen LogP contribution is 2.45. The molecule has 3 aromatic carbocycles. The van der Waals surface area contributed by atoms with Crippen molar-refractivity contribution >= 4 is 23.7 Å². The number of carbonyl (C=O) groups excluding carboxylic acids is 2. The van der Waals surface area contributed by atoms with Crippen molar-refractivity contribution in [3.05, 3.63) is 89.5 Å². The number of rotatable bonds is 11. The number of phenols is 1. The predicted octanol–water partition coefficient (Wildman–Crippen LogP) is 2.16. The fourth-order valence-electron chi connectivity index (χ4n) is 4.93. The standard InChI is InChI=1S/C29H31N5O5/c30-29(31)32-15-5-10-24(27(38)33-16-25(36)37)34(17-18-11-13-19(35)14-12-18)28(39)26-22-8-3-1-6-20(22)21-7-2-4-9-23(21)26/h1-4,6-9,11-14,24,26,35H,5,10,15-17H2,(H,33,38)(H,36,37)(H4,30,31,32)/t24-/m1/s1. The molecule has 0 fully saturated rings. The number of hydrogen-bond donors (Lipinski definition) is 5. The van der Waals surface area contributed by atoms with E-state index in [1.807, 2.05) is 48.5 Å². The zero-order valence-corrected chi connectivity index (χ0v) is 21.3. The molecule has 10 nitrogen and oxygen atoms in total. The van der Waals surface area contributed by atoms with Crippen LogP contribution >= 0.6 is 0 Å². The van der Waals surface area contributed by atoms with Crippen molar-refractivity contribution in [2.24, 2.45) is 16.5 Å². The summed E-state index contributed by atoms with van der Waals surface area (Å²) in [6, 6.07) is 20.7. The molecule has 0 heterocycles. The number of nitrogens with zero attached hydrogens (tertiary/aromatic N) is 2. The van der Waals surface area contributed by atoms with Gasteiger partial charge in [0.2, 0.25) is 11.8 Å². The van der Waals surface area contributed by atoms with Crippen molar-refractivity contribution in [1.29, 1.82) is 0 Å². The van der Waals surface area contributed by atoms with Gasteiger partial charge in [-0.3, -0.25) is 19.4 Å². The number of nitrogens with one attached hydrogen (secondary N) is 1. The van der Waals surface area contributed by atoms with E-state index >= 15 is 0 Å². The Hall–Kier alpha value is -4.86. The Morgan fingerprint density at radius 3 is 2.08 bits per heavy atom. The molecule has 0 aromatic heterocycles. The van der Waals surface area contributed by atoms with Crippen LogP contribution in [0.5, 0.6) is 5.75 Å². The molecule has 3 aromatic rings. The average Bonchev–Trinajstić information content (AvgIpc) is 3.26. The number of aliphatic carboxylic acids is 1. The lowest BCUT2D eigenvalue weighted by Gasteiger charge is -2.33. The van der Waals surface area contributed by atoms with Crippen LogP contribution in [-0.4, -0.2) is 58.0 Å². The molecule has 2 amide bonds. The Kier molecular flexibility index (Phi) is 8.45. The number of carboxylic acids is 1. The van der Waals surface area contributed by atoms with E-state index in [0.29, 0.717) is 12.0 Å². The number of fused-ring (bicyclic) bond motifs is 3. The van der Waals surface area contributed by atoms with E-state index < -0.39 is 30.4 Å². The van der Waals surface area contributed by atoms with Gasteiger partial charge in [0, 0.05) is 13.1 Å². The molecular formula is C29H31N5O5. The number of hydrogen-bond acceptors (Lipinski definition) is 5. The SMILES string of the molecule is NC(N)=NCCC[C@H](C(=O)NCC(=O)O)N(Cc1ccc(O)cc1)C(=O)C1c2ccccc2-c2ccccc21. The molecule has 0 saturated heterocycles. The molecule has 4 rings (SSSR count). The van der Waals surface area contributed by atoms with Crippen molar-refractivity contribution in [2.45, 2.75) is 31.3 Å². The monoisotopic (exact) mass is 529 g/mol. The van der Waals surface area contributed by atoms with Gasteiger partial charge in [-0.15, -0.1) is 0 Å². The second kappa shape index (κ2) is 12.1. The summed E-state index contributed by atoms with van der Waals surface area (Å²) in [5, 5.41) is 21.4. The maximum atomic E-state index is 14.5. The van der Waals surface area contributed by atoms with E-state index in [-0.39, 0.29) is 37.1 Å². The molecule has 202 valence electrons. The Morgan fingerprint density at radius 1 is 0.923 bits per heavy atom. The molecule has 1 aliphatic carbocycles. The third-order valence-corrected chi connectivity index (χ3v) is 6.68. The van der Waals surface area contributed by atoms with E-state index in [1.54, 1.807) is 12.1 Å². The summed E-state index contributed by atoms with van der Waals surface area (Å²) in [7, 11) is 0. The molecule has 1 atom stereocenters. The molecule has 1 aliphatic rings. The van der Waals surface area contributed by atoms with E-state index in [4.69, 9.17) is 16.6 Å². The van der Waals surface area contributed by atoms with Gasteiger partial charge < -0.3 is 31.9 Å². The predicted molar refractivity (Wildman–Crippen MR) is 147 cm³/mol. The lowest BCUT2D eigenvalue weighted by atomic mass is 9.93. The minimum absolute atomic E-state index is 0.0629. The van der Waals surface area contributed by atoms with Crippen LogP contribution in [-0.2, 0) is 20.9 Å². The third-order valence-electron chi connectivity index (χ3n) is 6.68. The van der Waals surface area contributed by atoms with Gasteiger partial charge in [-0.05, 0) is 52.8 Å². The van der Waals surface area contributed by atoms with Gasteiger partial charge in [0.05, 0.1) is 5.92 Å². The smallest absolute Gasteiger partial charge is 0.322 e. The number of carbonyl (C=O) groups is 3. The number of amides is 2. The first-order chi connectivity index (χ1) is 18.8. The number of nitrogens with two attached hydrogens (primary N) is 2. The first kappa shape index (κ1) is 27.2. The van der Waals surface area contributed by atoms with Crippen LogP contribution in [0.15, 0.2) is 77.8 Å². The van der Waals surface area contributed by atoms with Crippen molar-refractivity contribution in [3.8, 4) is 16.9 Å². The normalized spacial score (nSPS) is 12.6. The molecule has 0 radical (unpaired) electrons. The largest absolute Gasteiger partial charge is 0.508 e. The minimum Gasteiger partial charge on any atom is -0.508 e. The Morgan fingerprint density at radius 2 is 1.51 bits per heavy atom. The summed E-state index contributed by atoms with van der Waals surface area (Å²) in [6.45, 7) is -0.283. The van der Waals surface area contributed by atoms with E-state index in [9.17, 15) is 19.5 Å². The molecule has 0 bridgehead atoms. The second-order valence-electron chi connectivity index (χ2n) is 9.32. The lowest BCUT2D eigenvalue weighted by Crippen LogP contribution is -2.51. The van der Waals surface area contributed by atoms with E-state index in [0.717, 1.165) is 22.3 Å². The second-order valence-corrected chi connectivity index (χ2v) is 9.32. The molecule has 0 saturated carbocycles. The molecule has 7 N–H and O–H groups in total. The highest BCUT2D eigenvalue weighted by Gasteiger charge is 2.39. The minimum atomic E-state index is -1.20. The van der Waals surface area contributed by atoms with Crippen LogP contribution in [0.1, 0.15) is 35.4 Å².